The summed E-state index contributed by atoms with van der Waals surface area (Å²) in [5.41, 5.74) is 0.839. The lowest BCUT2D eigenvalue weighted by molar-refractivity contribution is -0.862. The number of anilines is 1. The molecular formula is C28H31ClF3N6O4+. The minimum atomic E-state index is -3.09. The van der Waals surface area contributed by atoms with Crippen LogP contribution in [-0.4, -0.2) is 102 Å². The molecule has 1 fully saturated rings. The zero-order valence-corrected chi connectivity index (χ0v) is 24.3. The van der Waals surface area contributed by atoms with Crippen molar-refractivity contribution in [2.45, 2.75) is 6.61 Å². The Hall–Kier alpha value is -4.10. The predicted molar refractivity (Wildman–Crippen MR) is 150 cm³/mol. The van der Waals surface area contributed by atoms with E-state index in [2.05, 4.69) is 15.0 Å². The number of benzene rings is 2. The molecule has 1 aromatic heterocycles. The van der Waals surface area contributed by atoms with Crippen LogP contribution in [0.3, 0.4) is 0 Å². The molecule has 42 heavy (non-hydrogen) atoms. The van der Waals surface area contributed by atoms with E-state index in [1.165, 1.54) is 48.1 Å². The molecule has 3 aromatic rings. The molecule has 1 saturated heterocycles. The summed E-state index contributed by atoms with van der Waals surface area (Å²) in [6.45, 7) is -1.11. The van der Waals surface area contributed by atoms with Gasteiger partial charge in [0.25, 0.3) is 17.7 Å². The average molecular weight is 608 g/mol. The van der Waals surface area contributed by atoms with Gasteiger partial charge in [-0.2, -0.15) is 8.78 Å². The molecule has 2 aromatic carbocycles. The van der Waals surface area contributed by atoms with Gasteiger partial charge < -0.3 is 28.9 Å². The molecule has 0 aliphatic carbocycles. The normalized spacial score (nSPS) is 13.8. The first kappa shape index (κ1) is 30.8. The maximum Gasteiger partial charge on any atom is 0.387 e. The standard InChI is InChI=1S/C28H30ClF3N6O4/c1-35-23(20-8-6-18(14-22(20)30)42-28(31)32)15-33-25(35)26(40)34-17-5-7-19(21(29)13-17)27(41)37-11-9-36(10-12-37)24(39)16-38(2,3)4/h5-8,13-15,28H,9-12,16H2,1-4H3/p+1. The number of hydrogen-bond donors (Lipinski definition) is 1. The number of ether oxygens (including phenoxy) is 1. The third-order valence-corrected chi connectivity index (χ3v) is 6.93. The van der Waals surface area contributed by atoms with Crippen molar-refractivity contribution < 1.29 is 36.8 Å². The Bertz CT molecular complexity index is 1500. The minimum Gasteiger partial charge on any atom is -0.435 e. The Labute approximate surface area is 245 Å². The van der Waals surface area contributed by atoms with Crippen molar-refractivity contribution >= 4 is 35.0 Å². The lowest BCUT2D eigenvalue weighted by Crippen LogP contribution is -2.54. The molecule has 0 bridgehead atoms. The quantitative estimate of drug-likeness (QED) is 0.394. The molecule has 0 atom stereocenters. The number of amides is 3. The second-order valence-electron chi connectivity index (χ2n) is 10.8. The smallest absolute Gasteiger partial charge is 0.387 e. The highest BCUT2D eigenvalue weighted by Crippen LogP contribution is 2.28. The van der Waals surface area contributed by atoms with Gasteiger partial charge in [-0.1, -0.05) is 11.6 Å². The zero-order chi connectivity index (χ0) is 30.8. The molecular weight excluding hydrogens is 577 g/mol. The lowest BCUT2D eigenvalue weighted by atomic mass is 10.1. The van der Waals surface area contributed by atoms with Crippen LogP contribution < -0.4 is 10.1 Å². The number of nitrogens with zero attached hydrogens (tertiary/aromatic N) is 5. The molecule has 0 saturated carbocycles. The largest absolute Gasteiger partial charge is 0.435 e. The van der Waals surface area contributed by atoms with Crippen molar-refractivity contribution in [3.63, 3.8) is 0 Å². The molecule has 10 nitrogen and oxygen atoms in total. The molecule has 0 spiro atoms. The molecule has 4 rings (SSSR count). The number of likely N-dealkylation sites (N-methyl/N-ethyl adjacent to an activating group) is 1. The van der Waals surface area contributed by atoms with Gasteiger partial charge in [0.2, 0.25) is 0 Å². The van der Waals surface area contributed by atoms with Gasteiger partial charge in [0.15, 0.2) is 12.4 Å². The summed E-state index contributed by atoms with van der Waals surface area (Å²) in [5, 5.41) is 2.79. The fraction of sp³-hybridized carbons (Fsp3) is 0.357. The fourth-order valence-corrected chi connectivity index (χ4v) is 4.80. The zero-order valence-electron chi connectivity index (χ0n) is 23.5. The molecule has 0 radical (unpaired) electrons. The number of rotatable bonds is 8. The number of hydrogen-bond acceptors (Lipinski definition) is 5. The Morgan fingerprint density at radius 3 is 2.31 bits per heavy atom. The average Bonchev–Trinajstić information content (AvgIpc) is 3.28. The highest BCUT2D eigenvalue weighted by atomic mass is 35.5. The topological polar surface area (TPSA) is 96.8 Å². The SMILES string of the molecule is Cn1c(-c2ccc(OC(F)F)cc2F)cnc1C(=O)Nc1ccc(C(=O)N2CCN(C(=O)C[N+](C)(C)C)CC2)c(Cl)c1. The Morgan fingerprint density at radius 2 is 1.71 bits per heavy atom. The van der Waals surface area contributed by atoms with Crippen LogP contribution in [0.15, 0.2) is 42.6 Å². The monoisotopic (exact) mass is 607 g/mol. The number of halogens is 4. The van der Waals surface area contributed by atoms with Crippen LogP contribution in [0.2, 0.25) is 5.02 Å². The Balaban J connectivity index is 1.40. The van der Waals surface area contributed by atoms with E-state index in [1.54, 1.807) is 9.80 Å². The highest BCUT2D eigenvalue weighted by molar-refractivity contribution is 6.34. The van der Waals surface area contributed by atoms with Crippen LogP contribution in [-0.2, 0) is 11.8 Å². The first-order valence-electron chi connectivity index (χ1n) is 13.0. The molecule has 14 heteroatoms. The van der Waals surface area contributed by atoms with Gasteiger partial charge in [-0.15, -0.1) is 0 Å². The molecule has 1 aliphatic heterocycles. The number of carbonyl (C=O) groups is 3. The van der Waals surface area contributed by atoms with Crippen LogP contribution in [0, 0.1) is 5.82 Å². The molecule has 2 heterocycles. The molecule has 0 unspecified atom stereocenters. The Kier molecular flexibility index (Phi) is 9.12. The third kappa shape index (κ3) is 7.21. The van der Waals surface area contributed by atoms with E-state index >= 15 is 0 Å². The number of quaternary nitrogens is 1. The first-order valence-corrected chi connectivity index (χ1v) is 13.4. The van der Waals surface area contributed by atoms with E-state index < -0.39 is 18.3 Å². The van der Waals surface area contributed by atoms with E-state index in [1.807, 2.05) is 21.1 Å². The summed E-state index contributed by atoms with van der Waals surface area (Å²) in [6.07, 6.45) is 1.28. The van der Waals surface area contributed by atoms with E-state index in [0.29, 0.717) is 42.9 Å². The van der Waals surface area contributed by atoms with Crippen molar-refractivity contribution in [2.75, 3.05) is 59.2 Å². The van der Waals surface area contributed by atoms with Gasteiger partial charge in [-0.25, -0.2) is 9.37 Å². The van der Waals surface area contributed by atoms with Gasteiger partial charge in [-0.05, 0) is 30.3 Å². The van der Waals surface area contributed by atoms with Crippen LogP contribution in [0.5, 0.6) is 5.75 Å². The van der Waals surface area contributed by atoms with Gasteiger partial charge in [0, 0.05) is 50.5 Å². The van der Waals surface area contributed by atoms with Gasteiger partial charge >= 0.3 is 6.61 Å². The van der Waals surface area contributed by atoms with Crippen molar-refractivity contribution in [1.29, 1.82) is 0 Å². The maximum atomic E-state index is 14.6. The summed E-state index contributed by atoms with van der Waals surface area (Å²) in [6, 6.07) is 7.75. The van der Waals surface area contributed by atoms with Crippen LogP contribution >= 0.6 is 11.6 Å². The Morgan fingerprint density at radius 1 is 1.05 bits per heavy atom. The van der Waals surface area contributed by atoms with Crippen LogP contribution in [0.25, 0.3) is 11.3 Å². The van der Waals surface area contributed by atoms with Crippen molar-refractivity contribution in [1.82, 2.24) is 19.4 Å². The summed E-state index contributed by atoms with van der Waals surface area (Å²) in [4.78, 5) is 46.0. The summed E-state index contributed by atoms with van der Waals surface area (Å²) in [7, 11) is 7.33. The number of aromatic nitrogens is 2. The van der Waals surface area contributed by atoms with E-state index in [9.17, 15) is 27.6 Å². The predicted octanol–water partition coefficient (Wildman–Crippen LogP) is 3.72. The first-order chi connectivity index (χ1) is 19.7. The van der Waals surface area contributed by atoms with Gasteiger partial charge in [0.1, 0.15) is 11.6 Å². The van der Waals surface area contributed by atoms with E-state index in [0.717, 1.165) is 6.07 Å². The fourth-order valence-electron chi connectivity index (χ4n) is 4.54. The van der Waals surface area contributed by atoms with Gasteiger partial charge in [0.05, 0.1) is 43.6 Å². The highest BCUT2D eigenvalue weighted by Gasteiger charge is 2.28. The molecule has 1 N–H and O–H groups in total. The van der Waals surface area contributed by atoms with E-state index in [4.69, 9.17) is 11.6 Å². The number of piperazine rings is 1. The summed E-state index contributed by atoms with van der Waals surface area (Å²) >= 11 is 6.42. The number of nitrogens with one attached hydrogen (secondary N) is 1. The van der Waals surface area contributed by atoms with Crippen molar-refractivity contribution in [3.8, 4) is 17.0 Å². The van der Waals surface area contributed by atoms with Crippen LogP contribution in [0.4, 0.5) is 18.9 Å². The number of imidazole rings is 1. The lowest BCUT2D eigenvalue weighted by Gasteiger charge is -2.36. The second-order valence-corrected chi connectivity index (χ2v) is 11.2. The third-order valence-electron chi connectivity index (χ3n) is 6.62. The molecule has 1 aliphatic rings. The van der Waals surface area contributed by atoms with E-state index in [-0.39, 0.29) is 45.2 Å². The second kappa shape index (κ2) is 12.4. The molecule has 3 amide bonds. The molecule has 224 valence electrons. The number of alkyl halides is 2. The minimum absolute atomic E-state index is 0.0371. The maximum absolute atomic E-state index is 14.6. The van der Waals surface area contributed by atoms with Gasteiger partial charge in [-0.3, -0.25) is 14.4 Å². The van der Waals surface area contributed by atoms with Crippen molar-refractivity contribution in [2.24, 2.45) is 7.05 Å². The van der Waals surface area contributed by atoms with Crippen LogP contribution in [0.1, 0.15) is 21.0 Å². The number of carbonyl (C=O) groups excluding carboxylic acids is 3. The van der Waals surface area contributed by atoms with Crippen molar-refractivity contribution in [3.05, 3.63) is 64.8 Å². The summed E-state index contributed by atoms with van der Waals surface area (Å²) < 4.78 is 45.5. The summed E-state index contributed by atoms with van der Waals surface area (Å²) in [5.74, 6) is -2.07.